The van der Waals surface area contributed by atoms with Gasteiger partial charge in [-0.15, -0.1) is 0 Å². The lowest BCUT2D eigenvalue weighted by Crippen LogP contribution is -2.49. The predicted molar refractivity (Wildman–Crippen MR) is 68.6 cm³/mol. The topological polar surface area (TPSA) is 15.3 Å². The van der Waals surface area contributed by atoms with Crippen LogP contribution in [-0.4, -0.2) is 48.1 Å². The van der Waals surface area contributed by atoms with E-state index in [2.05, 4.69) is 28.9 Å². The Kier molecular flexibility index (Phi) is 4.79. The van der Waals surface area contributed by atoms with Gasteiger partial charge in [-0.2, -0.15) is 11.8 Å². The van der Waals surface area contributed by atoms with Gasteiger partial charge in [0.15, 0.2) is 0 Å². The van der Waals surface area contributed by atoms with Crippen LogP contribution in [0, 0.1) is 0 Å². The summed E-state index contributed by atoms with van der Waals surface area (Å²) in [7, 11) is 0. The summed E-state index contributed by atoms with van der Waals surface area (Å²) in [5, 5.41) is 3.87. The number of nitrogens with zero attached hydrogens (tertiary/aromatic N) is 1. The summed E-state index contributed by atoms with van der Waals surface area (Å²) in [5.41, 5.74) is 0. The van der Waals surface area contributed by atoms with Gasteiger partial charge in [-0.3, -0.25) is 0 Å². The van der Waals surface area contributed by atoms with E-state index in [4.69, 9.17) is 0 Å². The van der Waals surface area contributed by atoms with Crippen LogP contribution in [0.1, 0.15) is 32.6 Å². The van der Waals surface area contributed by atoms with Crippen LogP contribution in [0.4, 0.5) is 0 Å². The van der Waals surface area contributed by atoms with Gasteiger partial charge >= 0.3 is 0 Å². The van der Waals surface area contributed by atoms with Gasteiger partial charge in [0.05, 0.1) is 0 Å². The molecule has 3 heteroatoms. The summed E-state index contributed by atoms with van der Waals surface area (Å²) in [4.78, 5) is 2.58. The first-order valence-corrected chi connectivity index (χ1v) is 7.60. The molecule has 88 valence electrons. The Hall–Kier alpha value is 0.270. The molecule has 0 aromatic rings. The molecule has 0 amide bonds. The maximum atomic E-state index is 3.87. The molecular formula is C12H24N2S. The summed E-state index contributed by atoms with van der Waals surface area (Å²) in [5.74, 6) is 2.73. The molecule has 0 saturated carbocycles. The van der Waals surface area contributed by atoms with Gasteiger partial charge < -0.3 is 10.2 Å². The minimum atomic E-state index is 0.770. The fourth-order valence-corrected chi connectivity index (χ4v) is 3.78. The number of nitrogens with one attached hydrogen (secondary N) is 1. The first-order chi connectivity index (χ1) is 7.38. The maximum absolute atomic E-state index is 3.87. The summed E-state index contributed by atoms with van der Waals surface area (Å²) >= 11 is 2.12. The van der Waals surface area contributed by atoms with Crippen LogP contribution < -0.4 is 5.32 Å². The number of likely N-dealkylation sites (N-methyl/N-ethyl adjacent to an activating group) is 1. The number of thioether (sulfide) groups is 1. The molecule has 1 N–H and O–H groups in total. The van der Waals surface area contributed by atoms with E-state index >= 15 is 0 Å². The molecule has 0 aromatic heterocycles. The third kappa shape index (κ3) is 3.65. The van der Waals surface area contributed by atoms with Crippen LogP contribution in [0.15, 0.2) is 0 Å². The smallest absolute Gasteiger partial charge is 0.0198 e. The van der Waals surface area contributed by atoms with Crippen molar-refractivity contribution in [2.75, 3.05) is 31.1 Å². The lowest BCUT2D eigenvalue weighted by Gasteiger charge is -2.35. The van der Waals surface area contributed by atoms with Gasteiger partial charge in [0.1, 0.15) is 0 Å². The quantitative estimate of drug-likeness (QED) is 0.795. The van der Waals surface area contributed by atoms with Crippen molar-refractivity contribution in [3.63, 3.8) is 0 Å². The van der Waals surface area contributed by atoms with Crippen molar-refractivity contribution in [3.05, 3.63) is 0 Å². The van der Waals surface area contributed by atoms with Crippen molar-refractivity contribution >= 4 is 11.8 Å². The second-order valence-corrected chi connectivity index (χ2v) is 6.01. The highest BCUT2D eigenvalue weighted by Gasteiger charge is 2.22. The van der Waals surface area contributed by atoms with Crippen molar-refractivity contribution in [2.45, 2.75) is 44.7 Å². The Bertz CT molecular complexity index is 180. The van der Waals surface area contributed by atoms with Crippen molar-refractivity contribution in [1.29, 1.82) is 0 Å². The van der Waals surface area contributed by atoms with E-state index in [0.29, 0.717) is 0 Å². The van der Waals surface area contributed by atoms with Crippen LogP contribution in [0.25, 0.3) is 0 Å². The molecule has 1 atom stereocenters. The number of likely N-dealkylation sites (tertiary alicyclic amines) is 1. The van der Waals surface area contributed by atoms with Gasteiger partial charge in [-0.05, 0) is 50.3 Å². The fraction of sp³-hybridized carbons (Fsp3) is 1.00. The minimum absolute atomic E-state index is 0.770. The summed E-state index contributed by atoms with van der Waals surface area (Å²) in [6.45, 7) is 6.09. The molecule has 2 rings (SSSR count). The highest BCUT2D eigenvalue weighted by molar-refractivity contribution is 7.99. The van der Waals surface area contributed by atoms with E-state index in [9.17, 15) is 0 Å². The molecule has 0 aromatic carbocycles. The predicted octanol–water partition coefficient (Wildman–Crippen LogP) is 1.96. The molecule has 2 aliphatic rings. The molecule has 2 aliphatic heterocycles. The SMILES string of the molecule is CCN1CCCC(NC2CCSCC2)C1. The molecule has 0 bridgehead atoms. The van der Waals surface area contributed by atoms with Gasteiger partial charge in [0, 0.05) is 18.6 Å². The normalized spacial score (nSPS) is 30.6. The van der Waals surface area contributed by atoms with Crippen LogP contribution in [-0.2, 0) is 0 Å². The average Bonchev–Trinajstić information content (AvgIpc) is 2.31. The van der Waals surface area contributed by atoms with Crippen molar-refractivity contribution in [3.8, 4) is 0 Å². The molecule has 0 radical (unpaired) electrons. The van der Waals surface area contributed by atoms with Gasteiger partial charge in [-0.25, -0.2) is 0 Å². The number of rotatable bonds is 3. The maximum Gasteiger partial charge on any atom is 0.0198 e. The van der Waals surface area contributed by atoms with Crippen LogP contribution in [0.5, 0.6) is 0 Å². The first-order valence-electron chi connectivity index (χ1n) is 6.44. The van der Waals surface area contributed by atoms with Crippen molar-refractivity contribution in [1.82, 2.24) is 10.2 Å². The first kappa shape index (κ1) is 11.7. The molecule has 0 aliphatic carbocycles. The third-order valence-corrected chi connectivity index (χ3v) is 4.69. The molecule has 2 fully saturated rings. The molecule has 1 unspecified atom stereocenters. The second-order valence-electron chi connectivity index (χ2n) is 4.79. The zero-order valence-corrected chi connectivity index (χ0v) is 10.7. The molecule has 15 heavy (non-hydrogen) atoms. The van der Waals surface area contributed by atoms with Crippen LogP contribution >= 0.6 is 11.8 Å². The van der Waals surface area contributed by atoms with Crippen LogP contribution in [0.2, 0.25) is 0 Å². The Balaban J connectivity index is 1.72. The van der Waals surface area contributed by atoms with E-state index in [0.717, 1.165) is 12.1 Å². The molecule has 2 saturated heterocycles. The lowest BCUT2D eigenvalue weighted by molar-refractivity contribution is 0.188. The van der Waals surface area contributed by atoms with E-state index in [-0.39, 0.29) is 0 Å². The minimum Gasteiger partial charge on any atom is -0.310 e. The van der Waals surface area contributed by atoms with Crippen LogP contribution in [0.3, 0.4) is 0 Å². The van der Waals surface area contributed by atoms with Gasteiger partial charge in [0.25, 0.3) is 0 Å². The number of hydrogen-bond acceptors (Lipinski definition) is 3. The zero-order valence-electron chi connectivity index (χ0n) is 9.87. The van der Waals surface area contributed by atoms with E-state index in [1.165, 1.54) is 56.8 Å². The van der Waals surface area contributed by atoms with E-state index in [1.807, 2.05) is 0 Å². The molecular weight excluding hydrogens is 204 g/mol. The van der Waals surface area contributed by atoms with Crippen molar-refractivity contribution < 1.29 is 0 Å². The number of piperidine rings is 1. The Morgan fingerprint density at radius 1 is 1.20 bits per heavy atom. The molecule has 0 spiro atoms. The summed E-state index contributed by atoms with van der Waals surface area (Å²) in [6.07, 6.45) is 5.54. The molecule has 2 heterocycles. The monoisotopic (exact) mass is 228 g/mol. The Morgan fingerprint density at radius 2 is 2.00 bits per heavy atom. The zero-order chi connectivity index (χ0) is 10.5. The fourth-order valence-electron chi connectivity index (χ4n) is 2.68. The summed E-state index contributed by atoms with van der Waals surface area (Å²) < 4.78 is 0. The standard InChI is InChI=1S/C12H24N2S/c1-2-14-7-3-4-12(10-14)13-11-5-8-15-9-6-11/h11-13H,2-10H2,1H3. The largest absolute Gasteiger partial charge is 0.310 e. The average molecular weight is 228 g/mol. The number of hydrogen-bond donors (Lipinski definition) is 1. The third-order valence-electron chi connectivity index (χ3n) is 3.65. The highest BCUT2D eigenvalue weighted by atomic mass is 32.2. The summed E-state index contributed by atoms with van der Waals surface area (Å²) in [6, 6.07) is 1.58. The lowest BCUT2D eigenvalue weighted by atomic mass is 10.0. The van der Waals surface area contributed by atoms with Crippen molar-refractivity contribution in [2.24, 2.45) is 0 Å². The van der Waals surface area contributed by atoms with Gasteiger partial charge in [-0.1, -0.05) is 6.92 Å². The Morgan fingerprint density at radius 3 is 2.73 bits per heavy atom. The van der Waals surface area contributed by atoms with E-state index in [1.54, 1.807) is 0 Å². The highest BCUT2D eigenvalue weighted by Crippen LogP contribution is 2.19. The van der Waals surface area contributed by atoms with Gasteiger partial charge in [0.2, 0.25) is 0 Å². The molecule has 2 nitrogen and oxygen atoms in total. The Labute approximate surface area is 98.2 Å². The second kappa shape index (κ2) is 6.12. The van der Waals surface area contributed by atoms with E-state index < -0.39 is 0 Å².